The van der Waals surface area contributed by atoms with Crippen LogP contribution >= 0.6 is 0 Å². The molecular formula is C13H22BNO4. The molecule has 0 spiro atoms. The van der Waals surface area contributed by atoms with Crippen LogP contribution < -0.4 is 10.2 Å². The smallest absolute Gasteiger partial charge is 0.488 e. The maximum atomic E-state index is 9.39. The van der Waals surface area contributed by atoms with Gasteiger partial charge in [-0.25, -0.2) is 0 Å². The van der Waals surface area contributed by atoms with Gasteiger partial charge in [0.1, 0.15) is 5.75 Å². The van der Waals surface area contributed by atoms with Crippen LogP contribution in [0.25, 0.3) is 0 Å². The molecule has 6 heteroatoms. The van der Waals surface area contributed by atoms with Gasteiger partial charge in [0.05, 0.1) is 13.7 Å². The van der Waals surface area contributed by atoms with Crippen molar-refractivity contribution in [2.75, 3.05) is 27.9 Å². The Morgan fingerprint density at radius 3 is 2.53 bits per heavy atom. The Morgan fingerprint density at radius 1 is 1.32 bits per heavy atom. The molecule has 0 aliphatic carbocycles. The van der Waals surface area contributed by atoms with Crippen molar-refractivity contribution in [2.24, 2.45) is 0 Å². The molecule has 0 aliphatic heterocycles. The number of hydrogen-bond donors (Lipinski definition) is 2. The van der Waals surface area contributed by atoms with E-state index >= 15 is 0 Å². The number of rotatable bonds is 7. The zero-order chi connectivity index (χ0) is 14.4. The standard InChI is InChI=1S/C13H22BNO4/c1-10(9-18-3)15(2)8-11-7-12(19-4)5-6-13(11)14(16)17/h5-7,10,16-17H,8-9H2,1-4H3. The summed E-state index contributed by atoms with van der Waals surface area (Å²) in [6.45, 7) is 3.27. The summed E-state index contributed by atoms with van der Waals surface area (Å²) in [6.07, 6.45) is 0. The molecule has 5 nitrogen and oxygen atoms in total. The van der Waals surface area contributed by atoms with Crippen molar-refractivity contribution in [3.63, 3.8) is 0 Å². The van der Waals surface area contributed by atoms with E-state index in [1.807, 2.05) is 13.1 Å². The normalized spacial score (nSPS) is 12.6. The van der Waals surface area contributed by atoms with Gasteiger partial charge in [0.25, 0.3) is 0 Å². The van der Waals surface area contributed by atoms with Gasteiger partial charge in [-0.3, -0.25) is 4.90 Å². The molecule has 0 saturated heterocycles. The molecule has 0 radical (unpaired) electrons. The van der Waals surface area contributed by atoms with E-state index in [0.717, 1.165) is 5.56 Å². The van der Waals surface area contributed by atoms with Gasteiger partial charge in [0, 0.05) is 19.7 Å². The summed E-state index contributed by atoms with van der Waals surface area (Å²) in [5.74, 6) is 0.701. The van der Waals surface area contributed by atoms with Crippen LogP contribution in [0.4, 0.5) is 0 Å². The van der Waals surface area contributed by atoms with Crippen molar-refractivity contribution in [3.8, 4) is 5.75 Å². The summed E-state index contributed by atoms with van der Waals surface area (Å²) < 4.78 is 10.3. The highest BCUT2D eigenvalue weighted by molar-refractivity contribution is 6.59. The summed E-state index contributed by atoms with van der Waals surface area (Å²) in [7, 11) is 3.74. The SMILES string of the molecule is COCC(C)N(C)Cc1cc(OC)ccc1B(O)O. The third kappa shape index (κ3) is 4.51. The highest BCUT2D eigenvalue weighted by Gasteiger charge is 2.19. The number of methoxy groups -OCH3 is 2. The van der Waals surface area contributed by atoms with Gasteiger partial charge >= 0.3 is 7.12 Å². The first-order chi connectivity index (χ1) is 8.99. The predicted molar refractivity (Wildman–Crippen MR) is 75.6 cm³/mol. The maximum absolute atomic E-state index is 9.39. The van der Waals surface area contributed by atoms with Gasteiger partial charge in [0.15, 0.2) is 0 Å². The topological polar surface area (TPSA) is 62.2 Å². The van der Waals surface area contributed by atoms with Crippen molar-refractivity contribution in [3.05, 3.63) is 23.8 Å². The van der Waals surface area contributed by atoms with E-state index < -0.39 is 7.12 Å². The number of benzene rings is 1. The zero-order valence-corrected chi connectivity index (χ0v) is 12.0. The first-order valence-corrected chi connectivity index (χ1v) is 6.21. The largest absolute Gasteiger partial charge is 0.497 e. The minimum atomic E-state index is -1.48. The lowest BCUT2D eigenvalue weighted by molar-refractivity contribution is 0.112. The van der Waals surface area contributed by atoms with E-state index in [1.54, 1.807) is 26.4 Å². The second-order valence-electron chi connectivity index (χ2n) is 4.66. The van der Waals surface area contributed by atoms with Gasteiger partial charge < -0.3 is 19.5 Å². The van der Waals surface area contributed by atoms with Gasteiger partial charge in [-0.05, 0) is 37.1 Å². The molecule has 2 N–H and O–H groups in total. The van der Waals surface area contributed by atoms with Crippen LogP contribution in [0.5, 0.6) is 5.75 Å². The molecular weight excluding hydrogens is 245 g/mol. The molecule has 1 aromatic rings. The monoisotopic (exact) mass is 267 g/mol. The van der Waals surface area contributed by atoms with Crippen molar-refractivity contribution >= 4 is 12.6 Å². The summed E-state index contributed by atoms with van der Waals surface area (Å²) in [5, 5.41) is 18.8. The highest BCUT2D eigenvalue weighted by atomic mass is 16.5. The zero-order valence-electron chi connectivity index (χ0n) is 12.0. The molecule has 19 heavy (non-hydrogen) atoms. The second kappa shape index (κ2) is 7.50. The Hall–Kier alpha value is -1.08. The minimum absolute atomic E-state index is 0.236. The molecule has 1 unspecified atom stereocenters. The first-order valence-electron chi connectivity index (χ1n) is 6.21. The molecule has 0 saturated carbocycles. The molecule has 1 atom stereocenters. The van der Waals surface area contributed by atoms with Gasteiger partial charge in [0.2, 0.25) is 0 Å². The van der Waals surface area contributed by atoms with Crippen molar-refractivity contribution in [2.45, 2.75) is 19.5 Å². The third-order valence-electron chi connectivity index (χ3n) is 3.21. The van der Waals surface area contributed by atoms with Crippen LogP contribution in [0.1, 0.15) is 12.5 Å². The lowest BCUT2D eigenvalue weighted by Gasteiger charge is -2.25. The summed E-state index contributed by atoms with van der Waals surface area (Å²) in [5.41, 5.74) is 1.33. The highest BCUT2D eigenvalue weighted by Crippen LogP contribution is 2.14. The van der Waals surface area contributed by atoms with Crippen LogP contribution in [0.3, 0.4) is 0 Å². The van der Waals surface area contributed by atoms with Crippen molar-refractivity contribution < 1.29 is 19.5 Å². The fraction of sp³-hybridized carbons (Fsp3) is 0.538. The lowest BCUT2D eigenvalue weighted by Crippen LogP contribution is -2.38. The minimum Gasteiger partial charge on any atom is -0.497 e. The molecule has 0 aliphatic rings. The van der Waals surface area contributed by atoms with E-state index in [-0.39, 0.29) is 6.04 Å². The predicted octanol–water partition coefficient (Wildman–Crippen LogP) is -0.158. The Morgan fingerprint density at radius 2 is 2.00 bits per heavy atom. The average molecular weight is 267 g/mol. The molecule has 1 aromatic carbocycles. The van der Waals surface area contributed by atoms with Crippen LogP contribution in [0, 0.1) is 0 Å². The van der Waals surface area contributed by atoms with E-state index in [9.17, 15) is 10.0 Å². The van der Waals surface area contributed by atoms with E-state index in [1.165, 1.54) is 0 Å². The lowest BCUT2D eigenvalue weighted by atomic mass is 9.77. The Labute approximate surface area is 114 Å². The van der Waals surface area contributed by atoms with Gasteiger partial charge in [-0.2, -0.15) is 0 Å². The summed E-state index contributed by atoms with van der Waals surface area (Å²) in [6, 6.07) is 5.45. The maximum Gasteiger partial charge on any atom is 0.488 e. The summed E-state index contributed by atoms with van der Waals surface area (Å²) >= 11 is 0. The fourth-order valence-electron chi connectivity index (χ4n) is 1.89. The van der Waals surface area contributed by atoms with Crippen molar-refractivity contribution in [1.82, 2.24) is 4.90 Å². The Balaban J connectivity index is 2.90. The summed E-state index contributed by atoms with van der Waals surface area (Å²) in [4.78, 5) is 2.09. The van der Waals surface area contributed by atoms with E-state index in [4.69, 9.17) is 9.47 Å². The number of ether oxygens (including phenoxy) is 2. The molecule has 0 bridgehead atoms. The van der Waals surface area contributed by atoms with Crippen molar-refractivity contribution in [1.29, 1.82) is 0 Å². The molecule has 0 amide bonds. The van der Waals surface area contributed by atoms with E-state index in [0.29, 0.717) is 24.4 Å². The van der Waals surface area contributed by atoms with Crippen LogP contribution in [0.2, 0.25) is 0 Å². The van der Waals surface area contributed by atoms with E-state index in [2.05, 4.69) is 11.8 Å². The molecule has 0 aromatic heterocycles. The molecule has 0 fully saturated rings. The number of hydrogen-bond acceptors (Lipinski definition) is 5. The first kappa shape index (κ1) is 16.0. The average Bonchev–Trinajstić information content (AvgIpc) is 2.38. The van der Waals surface area contributed by atoms with Crippen LogP contribution in [-0.2, 0) is 11.3 Å². The third-order valence-corrected chi connectivity index (χ3v) is 3.21. The number of nitrogens with zero attached hydrogens (tertiary/aromatic N) is 1. The second-order valence-corrected chi connectivity index (χ2v) is 4.66. The van der Waals surface area contributed by atoms with Gasteiger partial charge in [-0.15, -0.1) is 0 Å². The Kier molecular flexibility index (Phi) is 6.31. The fourth-order valence-corrected chi connectivity index (χ4v) is 1.89. The number of likely N-dealkylation sites (N-methyl/N-ethyl adjacent to an activating group) is 1. The molecule has 0 heterocycles. The van der Waals surface area contributed by atoms with Gasteiger partial charge in [-0.1, -0.05) is 6.07 Å². The Bertz CT molecular complexity index is 400. The van der Waals surface area contributed by atoms with Crippen LogP contribution in [-0.4, -0.2) is 56.0 Å². The quantitative estimate of drug-likeness (QED) is 0.672. The molecule has 106 valence electrons. The van der Waals surface area contributed by atoms with Crippen LogP contribution in [0.15, 0.2) is 18.2 Å². The molecule has 1 rings (SSSR count).